The van der Waals surface area contributed by atoms with Gasteiger partial charge in [-0.05, 0) is 47.5 Å². The van der Waals surface area contributed by atoms with E-state index in [1.165, 1.54) is 17.8 Å². The molecular formula is C30H28FN5O2. The number of halogens is 1. The van der Waals surface area contributed by atoms with Crippen molar-refractivity contribution in [2.75, 3.05) is 57.1 Å². The summed E-state index contributed by atoms with van der Waals surface area (Å²) in [6.07, 6.45) is 0. The summed E-state index contributed by atoms with van der Waals surface area (Å²) in [6, 6.07) is 20.1. The number of nitrogens with zero attached hydrogens (tertiary/aromatic N) is 4. The Labute approximate surface area is 220 Å². The topological polar surface area (TPSA) is 84.6 Å². The molecule has 1 fully saturated rings. The Balaban J connectivity index is 1.34. The number of nitrogens with two attached hydrogens (primary N) is 1. The Hall–Kier alpha value is -4.14. The van der Waals surface area contributed by atoms with Crippen LogP contribution in [0.3, 0.4) is 0 Å². The van der Waals surface area contributed by atoms with Crippen molar-refractivity contribution in [3.05, 3.63) is 83.7 Å². The van der Waals surface area contributed by atoms with E-state index < -0.39 is 0 Å². The maximum atomic E-state index is 13.6. The maximum Gasteiger partial charge on any atom is 0.221 e. The lowest BCUT2D eigenvalue weighted by molar-refractivity contribution is 0.104. The average molecular weight is 510 g/mol. The van der Waals surface area contributed by atoms with Crippen molar-refractivity contribution < 1.29 is 13.9 Å². The van der Waals surface area contributed by atoms with Crippen LogP contribution in [0, 0.1) is 5.82 Å². The van der Waals surface area contributed by atoms with Crippen LogP contribution in [0.25, 0.3) is 33.6 Å². The number of nitrogen functional groups attached to an aromatic ring is 1. The lowest BCUT2D eigenvalue weighted by Crippen LogP contribution is -2.47. The van der Waals surface area contributed by atoms with Gasteiger partial charge in [0.25, 0.3) is 0 Å². The second kappa shape index (κ2) is 9.96. The summed E-state index contributed by atoms with van der Waals surface area (Å²) in [5.74, 6) is -0.446. The third-order valence-corrected chi connectivity index (χ3v) is 7.34. The predicted octanol–water partition coefficient (Wildman–Crippen LogP) is 4.51. The summed E-state index contributed by atoms with van der Waals surface area (Å²) in [7, 11) is 1.74. The minimum Gasteiger partial charge on any atom is -0.383 e. The lowest BCUT2D eigenvalue weighted by atomic mass is 9.96. The highest BCUT2D eigenvalue weighted by molar-refractivity contribution is 6.25. The van der Waals surface area contributed by atoms with E-state index in [0.717, 1.165) is 56.0 Å². The molecule has 3 aromatic carbocycles. The molecule has 1 aromatic heterocycles. The number of anilines is 2. The molecule has 0 radical (unpaired) electrons. The van der Waals surface area contributed by atoms with Crippen LogP contribution in [-0.4, -0.2) is 67.1 Å². The van der Waals surface area contributed by atoms with Gasteiger partial charge in [-0.25, -0.2) is 14.4 Å². The molecule has 6 rings (SSSR count). The fourth-order valence-corrected chi connectivity index (χ4v) is 5.36. The number of ketones is 1. The highest BCUT2D eigenvalue weighted by Crippen LogP contribution is 2.45. The Kier molecular flexibility index (Phi) is 6.35. The van der Waals surface area contributed by atoms with Crippen LogP contribution in [-0.2, 0) is 4.74 Å². The van der Waals surface area contributed by atoms with Crippen LogP contribution in [0.5, 0.6) is 0 Å². The van der Waals surface area contributed by atoms with Gasteiger partial charge in [0, 0.05) is 62.2 Å². The molecular weight excluding hydrogens is 481 g/mol. The molecule has 0 atom stereocenters. The summed E-state index contributed by atoms with van der Waals surface area (Å²) in [6.45, 7) is 5.66. The number of aromatic nitrogens is 2. The van der Waals surface area contributed by atoms with Crippen LogP contribution in [0.4, 0.5) is 16.0 Å². The molecule has 1 aliphatic heterocycles. The number of benzene rings is 3. The molecule has 4 aromatic rings. The van der Waals surface area contributed by atoms with Crippen molar-refractivity contribution in [2.24, 2.45) is 0 Å². The molecule has 0 saturated carbocycles. The summed E-state index contributed by atoms with van der Waals surface area (Å²) >= 11 is 0. The zero-order valence-corrected chi connectivity index (χ0v) is 21.2. The fourth-order valence-electron chi connectivity index (χ4n) is 5.36. The molecule has 7 nitrogen and oxygen atoms in total. The van der Waals surface area contributed by atoms with Crippen LogP contribution < -0.4 is 10.6 Å². The molecule has 2 aliphatic rings. The van der Waals surface area contributed by atoms with Crippen LogP contribution in [0.1, 0.15) is 15.9 Å². The van der Waals surface area contributed by atoms with E-state index in [1.54, 1.807) is 19.2 Å². The van der Waals surface area contributed by atoms with Crippen molar-refractivity contribution in [1.29, 1.82) is 0 Å². The van der Waals surface area contributed by atoms with Gasteiger partial charge < -0.3 is 15.4 Å². The number of piperazine rings is 1. The second-order valence-electron chi connectivity index (χ2n) is 9.59. The van der Waals surface area contributed by atoms with Crippen molar-refractivity contribution in [2.45, 2.75) is 0 Å². The largest absolute Gasteiger partial charge is 0.383 e. The molecule has 0 amide bonds. The van der Waals surface area contributed by atoms with E-state index in [9.17, 15) is 9.18 Å². The number of hydrogen-bond donors (Lipinski definition) is 1. The second-order valence-corrected chi connectivity index (χ2v) is 9.59. The molecule has 0 spiro atoms. The summed E-state index contributed by atoms with van der Waals surface area (Å²) < 4.78 is 18.8. The van der Waals surface area contributed by atoms with Gasteiger partial charge in [0.2, 0.25) is 5.95 Å². The number of rotatable bonds is 6. The van der Waals surface area contributed by atoms with Gasteiger partial charge >= 0.3 is 0 Å². The van der Waals surface area contributed by atoms with Crippen molar-refractivity contribution in [3.8, 4) is 33.6 Å². The first-order chi connectivity index (χ1) is 18.5. The quantitative estimate of drug-likeness (QED) is 0.361. The van der Waals surface area contributed by atoms with Gasteiger partial charge in [-0.15, -0.1) is 0 Å². The Morgan fingerprint density at radius 2 is 1.50 bits per heavy atom. The van der Waals surface area contributed by atoms with E-state index in [2.05, 4.69) is 44.0 Å². The van der Waals surface area contributed by atoms with Gasteiger partial charge in [-0.2, -0.15) is 0 Å². The Morgan fingerprint density at radius 1 is 0.842 bits per heavy atom. The minimum atomic E-state index is -0.360. The normalized spacial score (nSPS) is 15.0. The Bertz CT molecular complexity index is 1500. The van der Waals surface area contributed by atoms with E-state index >= 15 is 0 Å². The van der Waals surface area contributed by atoms with Crippen molar-refractivity contribution in [1.82, 2.24) is 14.9 Å². The van der Waals surface area contributed by atoms with E-state index in [0.29, 0.717) is 28.1 Å². The number of fused-ring (bicyclic) bond motifs is 3. The molecule has 0 unspecified atom stereocenters. The first kappa shape index (κ1) is 24.2. The zero-order valence-electron chi connectivity index (χ0n) is 21.2. The summed E-state index contributed by atoms with van der Waals surface area (Å²) in [4.78, 5) is 27.3. The summed E-state index contributed by atoms with van der Waals surface area (Å²) in [5, 5.41) is 0. The highest BCUT2D eigenvalue weighted by atomic mass is 19.1. The van der Waals surface area contributed by atoms with Gasteiger partial charge in [-0.1, -0.05) is 30.3 Å². The predicted molar refractivity (Wildman–Crippen MR) is 147 cm³/mol. The molecule has 1 saturated heterocycles. The number of carbonyl (C=O) groups excluding carboxylic acids is 1. The maximum absolute atomic E-state index is 13.6. The molecule has 2 N–H and O–H groups in total. The molecule has 38 heavy (non-hydrogen) atoms. The first-order valence-corrected chi connectivity index (χ1v) is 12.7. The summed E-state index contributed by atoms with van der Waals surface area (Å²) in [5.41, 5.74) is 12.5. The van der Waals surface area contributed by atoms with E-state index in [4.69, 9.17) is 10.5 Å². The minimum absolute atomic E-state index is 0.0681. The first-order valence-electron chi connectivity index (χ1n) is 12.7. The number of carbonyl (C=O) groups is 1. The van der Waals surface area contributed by atoms with Gasteiger partial charge in [0.05, 0.1) is 23.6 Å². The number of methoxy groups -OCH3 is 1. The molecule has 192 valence electrons. The third kappa shape index (κ3) is 4.31. The lowest BCUT2D eigenvalue weighted by Gasteiger charge is -2.36. The third-order valence-electron chi connectivity index (χ3n) is 7.34. The van der Waals surface area contributed by atoms with E-state index in [1.807, 2.05) is 18.2 Å². The van der Waals surface area contributed by atoms with Gasteiger partial charge in [0.1, 0.15) is 5.82 Å². The van der Waals surface area contributed by atoms with Crippen molar-refractivity contribution in [3.63, 3.8) is 0 Å². The highest BCUT2D eigenvalue weighted by Gasteiger charge is 2.34. The Morgan fingerprint density at radius 3 is 2.21 bits per heavy atom. The molecule has 2 heterocycles. The monoisotopic (exact) mass is 509 g/mol. The average Bonchev–Trinajstić information content (AvgIpc) is 3.24. The van der Waals surface area contributed by atoms with Crippen LogP contribution in [0.2, 0.25) is 0 Å². The fraction of sp³-hybridized carbons (Fsp3) is 0.233. The number of ether oxygens (including phenoxy) is 1. The smallest absolute Gasteiger partial charge is 0.221 e. The molecule has 8 heteroatoms. The van der Waals surface area contributed by atoms with Crippen molar-refractivity contribution >= 4 is 17.4 Å². The molecule has 1 aliphatic carbocycles. The zero-order chi connectivity index (χ0) is 26.2. The number of hydrogen-bond acceptors (Lipinski definition) is 7. The van der Waals surface area contributed by atoms with Crippen LogP contribution >= 0.6 is 0 Å². The standard InChI is InChI=1S/C30H28FN5O2/c1-38-18-17-35-13-15-36(16-14-35)22-11-7-19(8-12-22)23-3-2-4-24-25(23)28-26(29(24)37)27(33-30(32)34-28)20-5-9-21(31)10-6-20/h2-12H,13-18H2,1H3,(H2,32,33,34). The van der Waals surface area contributed by atoms with Crippen LogP contribution in [0.15, 0.2) is 66.7 Å². The van der Waals surface area contributed by atoms with Gasteiger partial charge in [0.15, 0.2) is 5.78 Å². The SMILES string of the molecule is COCCN1CCN(c2ccc(-c3cccc4c3-c3nc(N)nc(-c5ccc(F)cc5)c3C4=O)cc2)CC1. The van der Waals surface area contributed by atoms with Gasteiger partial charge in [-0.3, -0.25) is 9.69 Å². The molecule has 0 bridgehead atoms. The van der Waals surface area contributed by atoms with E-state index in [-0.39, 0.29) is 17.5 Å².